The van der Waals surface area contributed by atoms with Crippen molar-refractivity contribution in [3.63, 3.8) is 0 Å². The van der Waals surface area contributed by atoms with Gasteiger partial charge in [-0.2, -0.15) is 0 Å². The van der Waals surface area contributed by atoms with Gasteiger partial charge in [0.05, 0.1) is 20.0 Å². The smallest absolute Gasteiger partial charge is 0.317 e. The Morgan fingerprint density at radius 1 is 1.24 bits per heavy atom. The minimum atomic E-state index is -0.880. The van der Waals surface area contributed by atoms with E-state index in [1.54, 1.807) is 26.4 Å². The number of para-hydroxylation sites is 1. The molecule has 1 aromatic carbocycles. The Kier molecular flexibility index (Phi) is 5.03. The number of ether oxygens (including phenoxy) is 2. The molecule has 0 aliphatic heterocycles. The fourth-order valence-electron chi connectivity index (χ4n) is 3.28. The van der Waals surface area contributed by atoms with Crippen molar-refractivity contribution >= 4 is 17.3 Å². The number of hydrogen-bond acceptors (Lipinski definition) is 5. The van der Waals surface area contributed by atoms with Gasteiger partial charge in [-0.15, -0.1) is 0 Å². The maximum Gasteiger partial charge on any atom is 0.317 e. The number of furan rings is 1. The number of benzene rings is 1. The second kappa shape index (κ2) is 7.38. The summed E-state index contributed by atoms with van der Waals surface area (Å²) < 4.78 is 16.0. The summed E-state index contributed by atoms with van der Waals surface area (Å²) in [5.41, 5.74) is 1.58. The Hall–Kier alpha value is -2.82. The number of methoxy groups -OCH3 is 1. The molecule has 1 heterocycles. The lowest BCUT2D eigenvalue weighted by atomic mass is 9.74. The highest BCUT2D eigenvalue weighted by molar-refractivity contribution is 6.10. The molecule has 1 aliphatic carbocycles. The lowest BCUT2D eigenvalue weighted by Crippen LogP contribution is -2.34. The molecule has 3 rings (SSSR count). The molecule has 1 aromatic heterocycles. The van der Waals surface area contributed by atoms with E-state index in [1.807, 2.05) is 30.3 Å². The highest BCUT2D eigenvalue weighted by Gasteiger charge is 2.41. The Morgan fingerprint density at radius 3 is 2.72 bits per heavy atom. The van der Waals surface area contributed by atoms with Crippen LogP contribution in [0.15, 0.2) is 53.2 Å². The van der Waals surface area contributed by atoms with Crippen molar-refractivity contribution in [1.82, 2.24) is 0 Å². The molecule has 130 valence electrons. The normalized spacial score (nSPS) is 20.1. The van der Waals surface area contributed by atoms with Crippen LogP contribution in [0.25, 0.3) is 5.57 Å². The lowest BCUT2D eigenvalue weighted by molar-refractivity contribution is -0.151. The van der Waals surface area contributed by atoms with Gasteiger partial charge >= 0.3 is 5.97 Å². The monoisotopic (exact) mass is 340 g/mol. The zero-order chi connectivity index (χ0) is 17.8. The number of hydrogen-bond donors (Lipinski definition) is 0. The van der Waals surface area contributed by atoms with Crippen LogP contribution in [0.3, 0.4) is 0 Å². The third-order valence-electron chi connectivity index (χ3n) is 4.38. The van der Waals surface area contributed by atoms with Crippen molar-refractivity contribution in [2.45, 2.75) is 19.3 Å². The van der Waals surface area contributed by atoms with E-state index < -0.39 is 11.9 Å². The van der Waals surface area contributed by atoms with Gasteiger partial charge in [0.15, 0.2) is 5.78 Å². The molecule has 0 saturated heterocycles. The van der Waals surface area contributed by atoms with E-state index in [0.717, 1.165) is 11.1 Å². The van der Waals surface area contributed by atoms with Crippen LogP contribution in [-0.2, 0) is 14.3 Å². The Labute approximate surface area is 146 Å². The Morgan fingerprint density at radius 2 is 2.04 bits per heavy atom. The standard InChI is InChI=1S/C20H20O5/c1-3-24-20(22)19-15(14-7-4-5-8-18(14)23-2)11-13(12-16(19)21)17-9-6-10-25-17/h4-10,12,15,19H,3,11H2,1-2H3/t15-,19+/m0/s1. The van der Waals surface area contributed by atoms with E-state index in [1.165, 1.54) is 6.08 Å². The van der Waals surface area contributed by atoms with Gasteiger partial charge in [-0.1, -0.05) is 18.2 Å². The van der Waals surface area contributed by atoms with Gasteiger partial charge in [0, 0.05) is 5.92 Å². The van der Waals surface area contributed by atoms with Crippen molar-refractivity contribution < 1.29 is 23.5 Å². The third kappa shape index (κ3) is 3.36. The van der Waals surface area contributed by atoms with Gasteiger partial charge in [-0.3, -0.25) is 9.59 Å². The van der Waals surface area contributed by atoms with Crippen molar-refractivity contribution in [3.05, 3.63) is 60.1 Å². The fourth-order valence-corrected chi connectivity index (χ4v) is 3.28. The molecule has 0 spiro atoms. The van der Waals surface area contributed by atoms with E-state index in [-0.39, 0.29) is 18.3 Å². The number of carbonyl (C=O) groups is 2. The van der Waals surface area contributed by atoms with Crippen molar-refractivity contribution in [1.29, 1.82) is 0 Å². The van der Waals surface area contributed by atoms with Crippen LogP contribution in [0, 0.1) is 5.92 Å². The molecular formula is C20H20O5. The second-order valence-electron chi connectivity index (χ2n) is 5.83. The van der Waals surface area contributed by atoms with Crippen LogP contribution in [0.2, 0.25) is 0 Å². The van der Waals surface area contributed by atoms with Crippen LogP contribution in [0.1, 0.15) is 30.6 Å². The maximum atomic E-state index is 12.7. The van der Waals surface area contributed by atoms with E-state index in [2.05, 4.69) is 0 Å². The van der Waals surface area contributed by atoms with Gasteiger partial charge in [-0.25, -0.2) is 0 Å². The van der Waals surface area contributed by atoms with Crippen LogP contribution in [0.5, 0.6) is 5.75 Å². The molecule has 0 amide bonds. The van der Waals surface area contributed by atoms with E-state index in [9.17, 15) is 9.59 Å². The molecule has 0 N–H and O–H groups in total. The number of esters is 1. The first-order chi connectivity index (χ1) is 12.2. The molecule has 1 aliphatic rings. The van der Waals surface area contributed by atoms with Crippen molar-refractivity contribution in [2.24, 2.45) is 5.92 Å². The topological polar surface area (TPSA) is 65.7 Å². The largest absolute Gasteiger partial charge is 0.496 e. The molecule has 0 saturated carbocycles. The maximum absolute atomic E-state index is 12.7. The number of carbonyl (C=O) groups excluding carboxylic acids is 2. The molecule has 0 bridgehead atoms. The predicted octanol–water partition coefficient (Wildman–Crippen LogP) is 3.61. The zero-order valence-corrected chi connectivity index (χ0v) is 14.2. The molecule has 5 heteroatoms. The highest BCUT2D eigenvalue weighted by Crippen LogP contribution is 2.43. The summed E-state index contributed by atoms with van der Waals surface area (Å²) in [6, 6.07) is 11.0. The average Bonchev–Trinajstić information content (AvgIpc) is 3.15. The first-order valence-corrected chi connectivity index (χ1v) is 8.23. The first kappa shape index (κ1) is 17.0. The Bertz CT molecular complexity index is 788. The third-order valence-corrected chi connectivity index (χ3v) is 4.38. The summed E-state index contributed by atoms with van der Waals surface area (Å²) in [5, 5.41) is 0. The zero-order valence-electron chi connectivity index (χ0n) is 14.2. The second-order valence-corrected chi connectivity index (χ2v) is 5.83. The summed E-state index contributed by atoms with van der Waals surface area (Å²) >= 11 is 0. The van der Waals surface area contributed by atoms with Gasteiger partial charge in [0.25, 0.3) is 0 Å². The number of rotatable bonds is 5. The molecular weight excluding hydrogens is 320 g/mol. The molecule has 2 atom stereocenters. The lowest BCUT2D eigenvalue weighted by Gasteiger charge is -2.29. The minimum absolute atomic E-state index is 0.232. The number of allylic oxidation sites excluding steroid dienone is 2. The van der Waals surface area contributed by atoms with Crippen LogP contribution in [-0.4, -0.2) is 25.5 Å². The van der Waals surface area contributed by atoms with Crippen LogP contribution in [0.4, 0.5) is 0 Å². The van der Waals surface area contributed by atoms with Crippen LogP contribution < -0.4 is 4.74 Å². The summed E-state index contributed by atoms with van der Waals surface area (Å²) in [7, 11) is 1.58. The van der Waals surface area contributed by atoms with Crippen LogP contribution >= 0.6 is 0 Å². The predicted molar refractivity (Wildman–Crippen MR) is 92.2 cm³/mol. The molecule has 0 radical (unpaired) electrons. The minimum Gasteiger partial charge on any atom is -0.496 e. The summed E-state index contributed by atoms with van der Waals surface area (Å²) in [5.74, 6) is -0.737. The number of ketones is 1. The first-order valence-electron chi connectivity index (χ1n) is 8.23. The quantitative estimate of drug-likeness (QED) is 0.614. The highest BCUT2D eigenvalue weighted by atomic mass is 16.5. The molecule has 25 heavy (non-hydrogen) atoms. The molecule has 0 fully saturated rings. The van der Waals surface area contributed by atoms with Crippen molar-refractivity contribution in [2.75, 3.05) is 13.7 Å². The molecule has 2 aromatic rings. The van der Waals surface area contributed by atoms with Gasteiger partial charge < -0.3 is 13.9 Å². The summed E-state index contributed by atoms with van der Waals surface area (Å²) in [6.45, 7) is 1.96. The van der Waals surface area contributed by atoms with Gasteiger partial charge in [0.2, 0.25) is 0 Å². The van der Waals surface area contributed by atoms with E-state index in [0.29, 0.717) is 17.9 Å². The van der Waals surface area contributed by atoms with Gasteiger partial charge in [-0.05, 0) is 48.8 Å². The Balaban J connectivity index is 2.05. The average molecular weight is 340 g/mol. The SMILES string of the molecule is CCOC(=O)[C@H]1C(=O)C=C(c2ccco2)C[C@H]1c1ccccc1OC. The molecule has 5 nitrogen and oxygen atoms in total. The van der Waals surface area contributed by atoms with E-state index >= 15 is 0 Å². The molecule has 0 unspecified atom stereocenters. The summed E-state index contributed by atoms with van der Waals surface area (Å²) in [4.78, 5) is 25.2. The van der Waals surface area contributed by atoms with Gasteiger partial charge in [0.1, 0.15) is 17.4 Å². The van der Waals surface area contributed by atoms with E-state index in [4.69, 9.17) is 13.9 Å². The summed E-state index contributed by atoms with van der Waals surface area (Å²) in [6.07, 6.45) is 3.55. The van der Waals surface area contributed by atoms with Crippen molar-refractivity contribution in [3.8, 4) is 5.75 Å². The fraction of sp³-hybridized carbons (Fsp3) is 0.300.